The minimum absolute atomic E-state index is 0.0354. The summed E-state index contributed by atoms with van der Waals surface area (Å²) in [6, 6.07) is 4.37. The van der Waals surface area contributed by atoms with Crippen molar-refractivity contribution in [2.24, 2.45) is 11.7 Å². The van der Waals surface area contributed by atoms with Gasteiger partial charge in [-0.25, -0.2) is 4.39 Å². The number of amides is 1. The maximum absolute atomic E-state index is 13.1. The molecular weight excluding hydrogens is 358 g/mol. The minimum atomic E-state index is -0.316. The maximum Gasteiger partial charge on any atom is 0.255 e. The molecule has 0 spiro atoms. The number of hydrogen-bond donors (Lipinski definition) is 1. The Labute approximate surface area is 126 Å². The van der Waals surface area contributed by atoms with Gasteiger partial charge in [0, 0.05) is 22.7 Å². The Bertz CT molecular complexity index is 481. The summed E-state index contributed by atoms with van der Waals surface area (Å²) >= 11 is 2.00. The minimum Gasteiger partial charge on any atom is -0.334 e. The van der Waals surface area contributed by atoms with Gasteiger partial charge in [0.15, 0.2) is 0 Å². The van der Waals surface area contributed by atoms with Crippen LogP contribution in [0.4, 0.5) is 4.39 Å². The lowest BCUT2D eigenvalue weighted by atomic mass is 9.92. The molecule has 104 valence electrons. The van der Waals surface area contributed by atoms with E-state index in [1.807, 2.05) is 27.5 Å². The molecule has 0 aromatic heterocycles. The molecule has 5 heteroatoms. The Morgan fingerprint density at radius 1 is 1.58 bits per heavy atom. The molecule has 1 aromatic rings. The SMILES string of the molecule is CC1CCN(C(=O)c2ccc(F)cc2I)C(CN)C1. The van der Waals surface area contributed by atoms with Crippen molar-refractivity contribution in [2.75, 3.05) is 13.1 Å². The van der Waals surface area contributed by atoms with Gasteiger partial charge < -0.3 is 10.6 Å². The zero-order chi connectivity index (χ0) is 14.0. The summed E-state index contributed by atoms with van der Waals surface area (Å²) in [6.45, 7) is 3.40. The highest BCUT2D eigenvalue weighted by Gasteiger charge is 2.30. The second-order valence-corrected chi connectivity index (χ2v) is 6.30. The lowest BCUT2D eigenvalue weighted by molar-refractivity contribution is 0.0572. The molecule has 1 aliphatic rings. The van der Waals surface area contributed by atoms with Gasteiger partial charge in [0.05, 0.1) is 5.56 Å². The molecule has 1 fully saturated rings. The Kier molecular flexibility index (Phi) is 4.78. The third kappa shape index (κ3) is 3.25. The number of carbonyl (C=O) groups is 1. The van der Waals surface area contributed by atoms with Crippen molar-refractivity contribution in [3.63, 3.8) is 0 Å². The van der Waals surface area contributed by atoms with E-state index in [1.165, 1.54) is 12.1 Å². The van der Waals surface area contributed by atoms with Crippen LogP contribution in [-0.2, 0) is 0 Å². The molecule has 0 radical (unpaired) electrons. The van der Waals surface area contributed by atoms with Gasteiger partial charge in [0.2, 0.25) is 0 Å². The van der Waals surface area contributed by atoms with Crippen LogP contribution in [0.5, 0.6) is 0 Å². The van der Waals surface area contributed by atoms with Gasteiger partial charge in [-0.15, -0.1) is 0 Å². The molecule has 3 nitrogen and oxygen atoms in total. The van der Waals surface area contributed by atoms with Crippen LogP contribution < -0.4 is 5.73 Å². The zero-order valence-electron chi connectivity index (χ0n) is 10.9. The number of piperidine rings is 1. The van der Waals surface area contributed by atoms with Crippen molar-refractivity contribution in [3.05, 3.63) is 33.1 Å². The fraction of sp³-hybridized carbons (Fsp3) is 0.500. The Morgan fingerprint density at radius 2 is 2.32 bits per heavy atom. The van der Waals surface area contributed by atoms with Crippen LogP contribution in [0.25, 0.3) is 0 Å². The standard InChI is InChI=1S/C14H18FIN2O/c1-9-4-5-18(11(6-9)8-17)14(19)12-3-2-10(15)7-13(12)16/h2-3,7,9,11H,4-6,8,17H2,1H3. The summed E-state index contributed by atoms with van der Waals surface area (Å²) in [6.07, 6.45) is 1.94. The van der Waals surface area contributed by atoms with Gasteiger partial charge >= 0.3 is 0 Å². The van der Waals surface area contributed by atoms with Gasteiger partial charge in [-0.1, -0.05) is 6.92 Å². The van der Waals surface area contributed by atoms with E-state index in [-0.39, 0.29) is 17.8 Å². The molecule has 0 aliphatic carbocycles. The lowest BCUT2D eigenvalue weighted by Crippen LogP contribution is -2.49. The number of halogens is 2. The van der Waals surface area contributed by atoms with Gasteiger partial charge in [-0.3, -0.25) is 4.79 Å². The first kappa shape index (κ1) is 14.7. The van der Waals surface area contributed by atoms with E-state index < -0.39 is 0 Å². The molecule has 0 saturated carbocycles. The molecule has 1 aromatic carbocycles. The summed E-state index contributed by atoms with van der Waals surface area (Å²) in [5.41, 5.74) is 6.34. The van der Waals surface area contributed by atoms with E-state index in [4.69, 9.17) is 5.73 Å². The number of benzene rings is 1. The highest BCUT2D eigenvalue weighted by Crippen LogP contribution is 2.25. The van der Waals surface area contributed by atoms with Crippen molar-refractivity contribution in [1.29, 1.82) is 0 Å². The molecule has 1 saturated heterocycles. The van der Waals surface area contributed by atoms with Crippen LogP contribution in [-0.4, -0.2) is 29.9 Å². The van der Waals surface area contributed by atoms with E-state index in [9.17, 15) is 9.18 Å². The lowest BCUT2D eigenvalue weighted by Gasteiger charge is -2.38. The average Bonchev–Trinajstić information content (AvgIpc) is 2.37. The van der Waals surface area contributed by atoms with Crippen LogP contribution in [0.1, 0.15) is 30.1 Å². The van der Waals surface area contributed by atoms with Gasteiger partial charge in [0.1, 0.15) is 5.82 Å². The third-order valence-electron chi connectivity index (χ3n) is 3.67. The number of nitrogens with zero attached hydrogens (tertiary/aromatic N) is 1. The van der Waals surface area contributed by atoms with E-state index in [0.717, 1.165) is 19.4 Å². The van der Waals surface area contributed by atoms with Crippen molar-refractivity contribution in [1.82, 2.24) is 4.90 Å². The Morgan fingerprint density at radius 3 is 2.95 bits per heavy atom. The number of likely N-dealkylation sites (tertiary alicyclic amines) is 1. The monoisotopic (exact) mass is 376 g/mol. The fourth-order valence-electron chi connectivity index (χ4n) is 2.56. The molecular formula is C14H18FIN2O. The molecule has 2 N–H and O–H groups in total. The Balaban J connectivity index is 2.22. The van der Waals surface area contributed by atoms with Crippen LogP contribution in [0, 0.1) is 15.3 Å². The van der Waals surface area contributed by atoms with Crippen molar-refractivity contribution in [2.45, 2.75) is 25.8 Å². The van der Waals surface area contributed by atoms with Crippen molar-refractivity contribution in [3.8, 4) is 0 Å². The van der Waals surface area contributed by atoms with Crippen molar-refractivity contribution < 1.29 is 9.18 Å². The maximum atomic E-state index is 13.1. The molecule has 19 heavy (non-hydrogen) atoms. The molecule has 2 unspecified atom stereocenters. The Hall–Kier alpha value is -0.690. The molecule has 1 amide bonds. The second-order valence-electron chi connectivity index (χ2n) is 5.14. The summed E-state index contributed by atoms with van der Waals surface area (Å²) in [4.78, 5) is 14.4. The highest BCUT2D eigenvalue weighted by atomic mass is 127. The summed E-state index contributed by atoms with van der Waals surface area (Å²) in [5.74, 6) is 0.250. The second kappa shape index (κ2) is 6.17. The molecule has 1 heterocycles. The van der Waals surface area contributed by atoms with Gasteiger partial charge in [-0.05, 0) is 59.5 Å². The van der Waals surface area contributed by atoms with Gasteiger partial charge in [0.25, 0.3) is 5.91 Å². The first-order valence-corrected chi connectivity index (χ1v) is 7.57. The smallest absolute Gasteiger partial charge is 0.255 e. The van der Waals surface area contributed by atoms with Gasteiger partial charge in [-0.2, -0.15) is 0 Å². The van der Waals surface area contributed by atoms with Crippen molar-refractivity contribution >= 4 is 28.5 Å². The van der Waals surface area contributed by atoms with E-state index >= 15 is 0 Å². The molecule has 0 bridgehead atoms. The summed E-state index contributed by atoms with van der Waals surface area (Å²) in [7, 11) is 0. The summed E-state index contributed by atoms with van der Waals surface area (Å²) < 4.78 is 13.7. The predicted octanol–water partition coefficient (Wildman–Crippen LogP) is 2.63. The van der Waals surface area contributed by atoms with Crippen LogP contribution in [0.15, 0.2) is 18.2 Å². The number of carbonyl (C=O) groups excluding carboxylic acids is 1. The average molecular weight is 376 g/mol. The fourth-order valence-corrected chi connectivity index (χ4v) is 3.27. The van der Waals surface area contributed by atoms with Crippen LogP contribution >= 0.6 is 22.6 Å². The van der Waals surface area contributed by atoms with E-state index in [2.05, 4.69) is 6.92 Å². The van der Waals surface area contributed by atoms with E-state index in [0.29, 0.717) is 21.6 Å². The number of rotatable bonds is 2. The van der Waals surface area contributed by atoms with Crippen LogP contribution in [0.2, 0.25) is 0 Å². The number of nitrogens with two attached hydrogens (primary N) is 1. The normalized spacial score (nSPS) is 23.5. The topological polar surface area (TPSA) is 46.3 Å². The molecule has 2 atom stereocenters. The number of hydrogen-bond acceptors (Lipinski definition) is 2. The predicted molar refractivity (Wildman–Crippen MR) is 81.4 cm³/mol. The first-order valence-electron chi connectivity index (χ1n) is 6.49. The van der Waals surface area contributed by atoms with Crippen LogP contribution in [0.3, 0.4) is 0 Å². The third-order valence-corrected chi connectivity index (χ3v) is 4.57. The molecule has 1 aliphatic heterocycles. The quantitative estimate of drug-likeness (QED) is 0.807. The first-order chi connectivity index (χ1) is 9.02. The zero-order valence-corrected chi connectivity index (χ0v) is 13.1. The largest absolute Gasteiger partial charge is 0.334 e. The van der Waals surface area contributed by atoms with E-state index in [1.54, 1.807) is 6.07 Å². The molecule has 2 rings (SSSR count). The summed E-state index contributed by atoms with van der Waals surface area (Å²) in [5, 5.41) is 0. The highest BCUT2D eigenvalue weighted by molar-refractivity contribution is 14.1.